The van der Waals surface area contributed by atoms with Gasteiger partial charge < -0.3 is 9.84 Å². The first kappa shape index (κ1) is 14.5. The zero-order chi connectivity index (χ0) is 12.3. The number of nitrogens with zero attached hydrogens (tertiary/aromatic N) is 1. The van der Waals surface area contributed by atoms with Crippen LogP contribution >= 0.6 is 28.3 Å². The van der Waals surface area contributed by atoms with Gasteiger partial charge in [0.2, 0.25) is 0 Å². The van der Waals surface area contributed by atoms with Crippen molar-refractivity contribution >= 4 is 34.3 Å². The lowest BCUT2D eigenvalue weighted by atomic mass is 10.3. The molecular formula is C12H9BrClNO3. The first-order valence-electron chi connectivity index (χ1n) is 4.78. The van der Waals surface area contributed by atoms with Crippen LogP contribution in [0.3, 0.4) is 0 Å². The monoisotopic (exact) mass is 329 g/mol. The third kappa shape index (κ3) is 3.72. The van der Waals surface area contributed by atoms with E-state index in [0.29, 0.717) is 11.5 Å². The van der Waals surface area contributed by atoms with Gasteiger partial charge in [-0.1, -0.05) is 22.0 Å². The Morgan fingerprint density at radius 1 is 1.22 bits per heavy atom. The van der Waals surface area contributed by atoms with Crippen molar-refractivity contribution in [3.63, 3.8) is 0 Å². The SMILES string of the molecule is Cl.O=C(O)c1cc(Oc2cccc(Br)c2)ccn1. The number of halogens is 2. The van der Waals surface area contributed by atoms with Crippen LogP contribution < -0.4 is 4.74 Å². The Morgan fingerprint density at radius 2 is 1.94 bits per heavy atom. The highest BCUT2D eigenvalue weighted by Gasteiger charge is 2.06. The Hall–Kier alpha value is -1.59. The summed E-state index contributed by atoms with van der Waals surface area (Å²) >= 11 is 3.33. The van der Waals surface area contributed by atoms with E-state index >= 15 is 0 Å². The third-order valence-electron chi connectivity index (χ3n) is 1.98. The van der Waals surface area contributed by atoms with Crippen molar-refractivity contribution in [3.8, 4) is 11.5 Å². The molecule has 1 heterocycles. The van der Waals surface area contributed by atoms with Gasteiger partial charge in [0, 0.05) is 16.7 Å². The third-order valence-corrected chi connectivity index (χ3v) is 2.48. The van der Waals surface area contributed by atoms with Crippen molar-refractivity contribution in [3.05, 3.63) is 52.8 Å². The lowest BCUT2D eigenvalue weighted by Crippen LogP contribution is -1.99. The number of pyridine rings is 1. The normalized spacial score (nSPS) is 9.39. The average molecular weight is 331 g/mol. The standard InChI is InChI=1S/C12H8BrNO3.ClH/c13-8-2-1-3-9(6-8)17-10-4-5-14-11(7-10)12(15)16;/h1-7H,(H,15,16);1H. The van der Waals surface area contributed by atoms with E-state index in [9.17, 15) is 4.79 Å². The van der Waals surface area contributed by atoms with E-state index in [1.54, 1.807) is 18.2 Å². The molecule has 0 unspecified atom stereocenters. The topological polar surface area (TPSA) is 59.4 Å². The zero-order valence-electron chi connectivity index (χ0n) is 9.04. The van der Waals surface area contributed by atoms with E-state index in [-0.39, 0.29) is 18.1 Å². The molecule has 0 aliphatic carbocycles. The molecule has 0 saturated carbocycles. The molecule has 1 aromatic heterocycles. The van der Waals surface area contributed by atoms with Crippen molar-refractivity contribution in [1.29, 1.82) is 0 Å². The molecule has 4 nitrogen and oxygen atoms in total. The maximum Gasteiger partial charge on any atom is 0.354 e. The highest BCUT2D eigenvalue weighted by molar-refractivity contribution is 9.10. The highest BCUT2D eigenvalue weighted by Crippen LogP contribution is 2.24. The van der Waals surface area contributed by atoms with Crippen LogP contribution in [0.15, 0.2) is 47.1 Å². The number of rotatable bonds is 3. The quantitative estimate of drug-likeness (QED) is 0.931. The lowest BCUT2D eigenvalue weighted by molar-refractivity contribution is 0.0690. The van der Waals surface area contributed by atoms with Crippen LogP contribution in [0.25, 0.3) is 0 Å². The average Bonchev–Trinajstić information content (AvgIpc) is 2.29. The van der Waals surface area contributed by atoms with Gasteiger partial charge in [-0.05, 0) is 24.3 Å². The Morgan fingerprint density at radius 3 is 2.61 bits per heavy atom. The van der Waals surface area contributed by atoms with Gasteiger partial charge in [0.15, 0.2) is 5.69 Å². The fourth-order valence-corrected chi connectivity index (χ4v) is 1.64. The molecule has 18 heavy (non-hydrogen) atoms. The molecule has 0 aliphatic heterocycles. The molecule has 0 spiro atoms. The second-order valence-electron chi connectivity index (χ2n) is 3.24. The maximum absolute atomic E-state index is 10.7. The van der Waals surface area contributed by atoms with Gasteiger partial charge in [-0.15, -0.1) is 12.4 Å². The molecule has 2 aromatic rings. The van der Waals surface area contributed by atoms with Gasteiger partial charge >= 0.3 is 5.97 Å². The van der Waals surface area contributed by atoms with E-state index in [1.807, 2.05) is 12.1 Å². The number of benzene rings is 1. The van der Waals surface area contributed by atoms with Crippen molar-refractivity contribution < 1.29 is 14.6 Å². The van der Waals surface area contributed by atoms with Gasteiger partial charge in [0.05, 0.1) is 0 Å². The van der Waals surface area contributed by atoms with E-state index in [1.165, 1.54) is 12.3 Å². The molecule has 0 radical (unpaired) electrons. The predicted octanol–water partition coefficient (Wildman–Crippen LogP) is 3.76. The number of carboxylic acids is 1. The number of hydrogen-bond donors (Lipinski definition) is 1. The van der Waals surface area contributed by atoms with Crippen molar-refractivity contribution in [1.82, 2.24) is 4.98 Å². The number of carboxylic acid groups (broad SMARTS) is 1. The Kier molecular flexibility index (Phi) is 5.12. The van der Waals surface area contributed by atoms with Gasteiger partial charge in [-0.3, -0.25) is 0 Å². The summed E-state index contributed by atoms with van der Waals surface area (Å²) in [6, 6.07) is 10.3. The number of ether oxygens (including phenoxy) is 1. The largest absolute Gasteiger partial charge is 0.477 e. The van der Waals surface area contributed by atoms with Gasteiger partial charge in [0.25, 0.3) is 0 Å². The summed E-state index contributed by atoms with van der Waals surface area (Å²) in [7, 11) is 0. The minimum Gasteiger partial charge on any atom is -0.477 e. The maximum atomic E-state index is 10.7. The number of carbonyl (C=O) groups is 1. The summed E-state index contributed by atoms with van der Waals surface area (Å²) in [5.41, 5.74) is -0.0440. The molecule has 0 amide bonds. The lowest BCUT2D eigenvalue weighted by Gasteiger charge is -2.06. The summed E-state index contributed by atoms with van der Waals surface area (Å²) in [4.78, 5) is 14.4. The second-order valence-corrected chi connectivity index (χ2v) is 4.16. The van der Waals surface area contributed by atoms with Gasteiger partial charge in [-0.25, -0.2) is 9.78 Å². The first-order chi connectivity index (χ1) is 8.15. The molecule has 1 aromatic carbocycles. The molecule has 0 saturated heterocycles. The number of aromatic nitrogens is 1. The molecular weight excluding hydrogens is 321 g/mol. The van der Waals surface area contributed by atoms with E-state index < -0.39 is 5.97 Å². The van der Waals surface area contributed by atoms with Crippen molar-refractivity contribution in [2.24, 2.45) is 0 Å². The summed E-state index contributed by atoms with van der Waals surface area (Å²) in [5.74, 6) is -0.0119. The Balaban J connectivity index is 0.00000162. The Labute approximate surface area is 118 Å². The minimum atomic E-state index is -1.08. The summed E-state index contributed by atoms with van der Waals surface area (Å²) in [5, 5.41) is 8.79. The molecule has 0 fully saturated rings. The van der Waals surface area contributed by atoms with Crippen LogP contribution in [0, 0.1) is 0 Å². The molecule has 1 N–H and O–H groups in total. The van der Waals surface area contributed by atoms with Crippen LogP contribution in [-0.4, -0.2) is 16.1 Å². The van der Waals surface area contributed by atoms with Gasteiger partial charge in [-0.2, -0.15) is 0 Å². The molecule has 2 rings (SSSR count). The smallest absolute Gasteiger partial charge is 0.354 e. The predicted molar refractivity (Wildman–Crippen MR) is 72.7 cm³/mol. The summed E-state index contributed by atoms with van der Waals surface area (Å²) < 4.78 is 6.41. The summed E-state index contributed by atoms with van der Waals surface area (Å²) in [6.07, 6.45) is 1.40. The number of aromatic carboxylic acids is 1. The van der Waals surface area contributed by atoms with Crippen LogP contribution in [0.5, 0.6) is 11.5 Å². The fraction of sp³-hybridized carbons (Fsp3) is 0. The van der Waals surface area contributed by atoms with Crippen LogP contribution in [0.2, 0.25) is 0 Å². The fourth-order valence-electron chi connectivity index (χ4n) is 1.26. The highest BCUT2D eigenvalue weighted by atomic mass is 79.9. The van der Waals surface area contributed by atoms with E-state index in [2.05, 4.69) is 20.9 Å². The van der Waals surface area contributed by atoms with Crippen molar-refractivity contribution in [2.75, 3.05) is 0 Å². The van der Waals surface area contributed by atoms with Crippen LogP contribution in [0.4, 0.5) is 0 Å². The first-order valence-corrected chi connectivity index (χ1v) is 5.57. The molecule has 6 heteroatoms. The zero-order valence-corrected chi connectivity index (χ0v) is 11.4. The van der Waals surface area contributed by atoms with Crippen LogP contribution in [0.1, 0.15) is 10.5 Å². The molecule has 0 atom stereocenters. The molecule has 0 aliphatic rings. The second kappa shape index (κ2) is 6.37. The van der Waals surface area contributed by atoms with Gasteiger partial charge in [0.1, 0.15) is 11.5 Å². The molecule has 0 bridgehead atoms. The van der Waals surface area contributed by atoms with E-state index in [4.69, 9.17) is 9.84 Å². The number of hydrogen-bond acceptors (Lipinski definition) is 3. The van der Waals surface area contributed by atoms with Crippen molar-refractivity contribution in [2.45, 2.75) is 0 Å². The Bertz CT molecular complexity index is 563. The van der Waals surface area contributed by atoms with Crippen LogP contribution in [-0.2, 0) is 0 Å². The van der Waals surface area contributed by atoms with E-state index in [0.717, 1.165) is 4.47 Å². The summed E-state index contributed by atoms with van der Waals surface area (Å²) in [6.45, 7) is 0. The minimum absolute atomic E-state index is 0. The molecule has 94 valence electrons.